The summed E-state index contributed by atoms with van der Waals surface area (Å²) in [7, 11) is -1.60. The predicted octanol–water partition coefficient (Wildman–Crippen LogP) is 6.15. The first-order valence-electron chi connectivity index (χ1n) is 11.7. The molecule has 0 saturated carbocycles. The maximum absolute atomic E-state index is 8.54. The van der Waals surface area contributed by atoms with Gasteiger partial charge in [0.1, 0.15) is 0 Å². The van der Waals surface area contributed by atoms with Crippen LogP contribution in [0.3, 0.4) is 0 Å². The van der Waals surface area contributed by atoms with Gasteiger partial charge >= 0.3 is 58.7 Å². The molecule has 0 saturated heterocycles. The molecule has 0 aliphatic rings. The molecule has 0 aromatic heterocycles. The van der Waals surface area contributed by atoms with Gasteiger partial charge < -0.3 is 14.7 Å². The molecule has 0 radical (unpaired) electrons. The van der Waals surface area contributed by atoms with Gasteiger partial charge in [-0.25, -0.2) is 0 Å². The van der Waals surface area contributed by atoms with E-state index in [4.69, 9.17) is 10.0 Å². The molecule has 0 unspecified atom stereocenters. The molecule has 0 bridgehead atoms. The van der Waals surface area contributed by atoms with Gasteiger partial charge in [-0.05, 0) is 6.42 Å². The van der Waals surface area contributed by atoms with E-state index in [9.17, 15) is 0 Å². The minimum absolute atomic E-state index is 0. The summed E-state index contributed by atoms with van der Waals surface area (Å²) in [4.78, 5) is 0. The third-order valence-electron chi connectivity index (χ3n) is 5.26. The van der Waals surface area contributed by atoms with Crippen molar-refractivity contribution in [1.82, 2.24) is 0 Å². The van der Waals surface area contributed by atoms with Crippen molar-refractivity contribution in [2.45, 2.75) is 135 Å². The molecule has 0 amide bonds. The second kappa shape index (κ2) is 27.6. The molecular weight excluding hydrogens is 362 g/mol. The SMILES string of the molecule is CCCCCCCCCCCCCCCCCCCCCCOB(O)O.[KH]. The normalized spacial score (nSPS) is 10.8. The van der Waals surface area contributed by atoms with Crippen LogP contribution in [0.5, 0.6) is 0 Å². The number of hydrogen-bond donors (Lipinski definition) is 2. The fourth-order valence-corrected chi connectivity index (χ4v) is 3.55. The van der Waals surface area contributed by atoms with Crippen LogP contribution in [0.15, 0.2) is 0 Å². The van der Waals surface area contributed by atoms with E-state index in [0.29, 0.717) is 6.61 Å². The standard InChI is InChI=1S/C22H47BO3.K.H/c1-2-3-4-5-6-7-8-9-10-11-12-13-14-15-16-17-18-19-20-21-22-26-23(24)25;;/h24-25H,2-22H2,1H3;;. The zero-order valence-electron chi connectivity index (χ0n) is 17.7. The van der Waals surface area contributed by atoms with Crippen molar-refractivity contribution >= 4 is 58.7 Å². The van der Waals surface area contributed by atoms with Crippen LogP contribution in [0.4, 0.5) is 0 Å². The van der Waals surface area contributed by atoms with Gasteiger partial charge in [0.25, 0.3) is 0 Å². The summed E-state index contributed by atoms with van der Waals surface area (Å²) >= 11 is 0. The van der Waals surface area contributed by atoms with Crippen molar-refractivity contribution in [3.8, 4) is 0 Å². The third kappa shape index (κ3) is 29.9. The van der Waals surface area contributed by atoms with Crippen LogP contribution in [0.2, 0.25) is 0 Å². The first kappa shape index (κ1) is 30.8. The molecule has 27 heavy (non-hydrogen) atoms. The molecule has 3 nitrogen and oxygen atoms in total. The van der Waals surface area contributed by atoms with Crippen LogP contribution in [0.25, 0.3) is 0 Å². The molecule has 5 heteroatoms. The Morgan fingerprint density at radius 1 is 0.481 bits per heavy atom. The molecule has 0 heterocycles. The first-order valence-corrected chi connectivity index (χ1v) is 11.7. The monoisotopic (exact) mass is 410 g/mol. The Morgan fingerprint density at radius 2 is 0.741 bits per heavy atom. The Bertz CT molecular complexity index is 256. The van der Waals surface area contributed by atoms with Crippen LogP contribution in [0, 0.1) is 0 Å². The van der Waals surface area contributed by atoms with Crippen LogP contribution in [-0.2, 0) is 4.65 Å². The van der Waals surface area contributed by atoms with Gasteiger partial charge in [-0.2, -0.15) is 0 Å². The van der Waals surface area contributed by atoms with Crippen molar-refractivity contribution in [3.05, 3.63) is 0 Å². The Balaban J connectivity index is 0. The molecule has 0 rings (SSSR count). The Labute approximate surface area is 213 Å². The van der Waals surface area contributed by atoms with Crippen LogP contribution < -0.4 is 0 Å². The molecule has 2 N–H and O–H groups in total. The van der Waals surface area contributed by atoms with Gasteiger partial charge in [-0.3, -0.25) is 0 Å². The fourth-order valence-electron chi connectivity index (χ4n) is 3.55. The molecule has 0 aromatic carbocycles. The summed E-state index contributed by atoms with van der Waals surface area (Å²) in [5, 5.41) is 17.1. The summed E-state index contributed by atoms with van der Waals surface area (Å²) < 4.78 is 4.69. The van der Waals surface area contributed by atoms with E-state index in [-0.39, 0.29) is 51.4 Å². The zero-order chi connectivity index (χ0) is 19.1. The summed E-state index contributed by atoms with van der Waals surface area (Å²) in [5.41, 5.74) is 0. The van der Waals surface area contributed by atoms with E-state index in [1.54, 1.807) is 0 Å². The van der Waals surface area contributed by atoms with Gasteiger partial charge in [-0.15, -0.1) is 0 Å². The second-order valence-corrected chi connectivity index (χ2v) is 7.91. The van der Waals surface area contributed by atoms with Gasteiger partial charge in [-0.1, -0.05) is 129 Å². The average Bonchev–Trinajstić information content (AvgIpc) is 2.62. The van der Waals surface area contributed by atoms with E-state index >= 15 is 0 Å². The molecule has 0 spiro atoms. The molecule has 158 valence electrons. The number of hydrogen-bond acceptors (Lipinski definition) is 3. The van der Waals surface area contributed by atoms with Crippen LogP contribution >= 0.6 is 0 Å². The van der Waals surface area contributed by atoms with Crippen molar-refractivity contribution in [1.29, 1.82) is 0 Å². The van der Waals surface area contributed by atoms with E-state index in [2.05, 4.69) is 11.6 Å². The zero-order valence-corrected chi connectivity index (χ0v) is 17.7. The van der Waals surface area contributed by atoms with Crippen LogP contribution in [0.1, 0.15) is 135 Å². The minimum atomic E-state index is -1.60. The fraction of sp³-hybridized carbons (Fsp3) is 1.00. The Morgan fingerprint density at radius 3 is 1.00 bits per heavy atom. The van der Waals surface area contributed by atoms with Gasteiger partial charge in [0.2, 0.25) is 0 Å². The predicted molar refractivity (Wildman–Crippen MR) is 121 cm³/mol. The van der Waals surface area contributed by atoms with E-state index in [0.717, 1.165) is 12.8 Å². The average molecular weight is 411 g/mol. The van der Waals surface area contributed by atoms with E-state index in [1.807, 2.05) is 0 Å². The molecule has 0 aliphatic carbocycles. The number of rotatable bonds is 22. The van der Waals surface area contributed by atoms with Crippen LogP contribution in [-0.4, -0.2) is 75.4 Å². The van der Waals surface area contributed by atoms with Crippen molar-refractivity contribution < 1.29 is 14.7 Å². The molecule has 0 aromatic rings. The van der Waals surface area contributed by atoms with Gasteiger partial charge in [0, 0.05) is 6.61 Å². The molecule has 0 atom stereocenters. The Hall–Kier alpha value is 1.58. The van der Waals surface area contributed by atoms with Crippen molar-refractivity contribution in [3.63, 3.8) is 0 Å². The summed E-state index contributed by atoms with van der Waals surface area (Å²) in [5.74, 6) is 0. The van der Waals surface area contributed by atoms with Crippen molar-refractivity contribution in [2.75, 3.05) is 6.61 Å². The van der Waals surface area contributed by atoms with Crippen molar-refractivity contribution in [2.24, 2.45) is 0 Å². The molecule has 0 aliphatic heterocycles. The van der Waals surface area contributed by atoms with Gasteiger partial charge in [0.05, 0.1) is 0 Å². The molecular formula is C22H48BKO3. The number of unbranched alkanes of at least 4 members (excludes halogenated alkanes) is 19. The second-order valence-electron chi connectivity index (χ2n) is 7.91. The maximum atomic E-state index is 8.54. The first-order chi connectivity index (χ1) is 12.8. The summed E-state index contributed by atoms with van der Waals surface area (Å²) in [6, 6.07) is 0. The van der Waals surface area contributed by atoms with E-state index in [1.165, 1.54) is 116 Å². The summed E-state index contributed by atoms with van der Waals surface area (Å²) in [6.07, 6.45) is 27.4. The third-order valence-corrected chi connectivity index (χ3v) is 5.26. The Kier molecular flexibility index (Phi) is 31.4. The topological polar surface area (TPSA) is 49.7 Å². The van der Waals surface area contributed by atoms with Gasteiger partial charge in [0.15, 0.2) is 0 Å². The van der Waals surface area contributed by atoms with E-state index < -0.39 is 7.32 Å². The quantitative estimate of drug-likeness (QED) is 0.166. The summed E-state index contributed by atoms with van der Waals surface area (Å²) in [6.45, 7) is 2.74. The molecule has 0 fully saturated rings.